The third kappa shape index (κ3) is 4.51. The van der Waals surface area contributed by atoms with E-state index in [0.717, 1.165) is 49.7 Å². The van der Waals surface area contributed by atoms with E-state index in [2.05, 4.69) is 10.1 Å². The molecule has 10 heteroatoms. The second-order valence-corrected chi connectivity index (χ2v) is 9.32. The van der Waals surface area contributed by atoms with E-state index in [0.29, 0.717) is 26.8 Å². The van der Waals surface area contributed by atoms with E-state index in [1.807, 2.05) is 17.0 Å². The Morgan fingerprint density at radius 1 is 1.21 bits per heavy atom. The Morgan fingerprint density at radius 3 is 2.82 bits per heavy atom. The molecule has 2 aromatic rings. The van der Waals surface area contributed by atoms with Gasteiger partial charge in [-0.15, -0.1) is 0 Å². The van der Waals surface area contributed by atoms with Crippen LogP contribution in [0.3, 0.4) is 0 Å². The van der Waals surface area contributed by atoms with Gasteiger partial charge in [-0.1, -0.05) is 23.7 Å². The molecule has 3 aliphatic rings. The number of nitrogens with one attached hydrogen (secondary N) is 1. The van der Waals surface area contributed by atoms with Crippen molar-refractivity contribution in [3.8, 4) is 11.3 Å². The van der Waals surface area contributed by atoms with Gasteiger partial charge in [-0.3, -0.25) is 15.0 Å². The van der Waals surface area contributed by atoms with E-state index in [4.69, 9.17) is 21.4 Å². The number of carbonyl (C=O) groups excluding carboxylic acids is 2. The SMILES string of the molecule is N=C1/C(=C/c2ccc(-c3cccc(Cl)c3)o2)C(=O)N=C2SC(CC(=O)N3CCCCC3)=NN12. The fourth-order valence-corrected chi connectivity index (χ4v) is 4.92. The van der Waals surface area contributed by atoms with Crippen LogP contribution in [0.1, 0.15) is 31.4 Å². The molecule has 1 saturated heterocycles. The van der Waals surface area contributed by atoms with Gasteiger partial charge >= 0.3 is 0 Å². The number of hydrazone groups is 1. The van der Waals surface area contributed by atoms with Crippen LogP contribution in [-0.2, 0) is 9.59 Å². The first-order chi connectivity index (χ1) is 16.0. The van der Waals surface area contributed by atoms with E-state index in [1.54, 1.807) is 24.3 Å². The second kappa shape index (κ2) is 8.99. The number of amidine groups is 2. The third-order valence-electron chi connectivity index (χ3n) is 5.53. The number of aliphatic imine (C=N–C) groups is 1. The summed E-state index contributed by atoms with van der Waals surface area (Å²) in [5, 5.41) is 15.6. The largest absolute Gasteiger partial charge is 0.457 e. The van der Waals surface area contributed by atoms with Crippen LogP contribution >= 0.6 is 23.4 Å². The number of nitrogens with zero attached hydrogens (tertiary/aromatic N) is 4. The molecule has 0 saturated carbocycles. The van der Waals surface area contributed by atoms with Crippen molar-refractivity contribution in [3.05, 3.63) is 52.8 Å². The number of benzene rings is 1. The number of halogens is 1. The van der Waals surface area contributed by atoms with Gasteiger partial charge < -0.3 is 9.32 Å². The smallest absolute Gasteiger partial charge is 0.283 e. The zero-order chi connectivity index (χ0) is 22.9. The Bertz CT molecular complexity index is 1240. The maximum Gasteiger partial charge on any atom is 0.283 e. The Hall–Kier alpha value is -3.17. The first-order valence-corrected chi connectivity index (χ1v) is 11.8. The van der Waals surface area contributed by atoms with Gasteiger partial charge in [0.25, 0.3) is 5.91 Å². The lowest BCUT2D eigenvalue weighted by Gasteiger charge is -2.26. The summed E-state index contributed by atoms with van der Waals surface area (Å²) in [6.45, 7) is 1.53. The summed E-state index contributed by atoms with van der Waals surface area (Å²) in [6, 6.07) is 10.7. The first kappa shape index (κ1) is 21.7. The van der Waals surface area contributed by atoms with Crippen LogP contribution in [0, 0.1) is 5.41 Å². The summed E-state index contributed by atoms with van der Waals surface area (Å²) >= 11 is 7.21. The number of amides is 2. The molecule has 33 heavy (non-hydrogen) atoms. The quantitative estimate of drug-likeness (QED) is 0.642. The van der Waals surface area contributed by atoms with Gasteiger partial charge in [0.05, 0.1) is 12.0 Å². The zero-order valence-corrected chi connectivity index (χ0v) is 19.2. The van der Waals surface area contributed by atoms with Crippen LogP contribution in [0.25, 0.3) is 17.4 Å². The van der Waals surface area contributed by atoms with Crippen molar-refractivity contribution in [2.24, 2.45) is 10.1 Å². The van der Waals surface area contributed by atoms with Gasteiger partial charge in [0.1, 0.15) is 16.6 Å². The molecule has 1 aromatic heterocycles. The minimum Gasteiger partial charge on any atom is -0.457 e. The summed E-state index contributed by atoms with van der Waals surface area (Å²) < 4.78 is 5.83. The molecule has 1 aromatic carbocycles. The highest BCUT2D eigenvalue weighted by molar-refractivity contribution is 8.27. The van der Waals surface area contributed by atoms with Gasteiger partial charge in [-0.2, -0.15) is 15.1 Å². The molecule has 4 heterocycles. The molecule has 168 valence electrons. The Kier molecular flexibility index (Phi) is 5.90. The standard InChI is InChI=1S/C23H20ClN5O3S/c24-15-6-4-5-14(11-15)18-8-7-16(32-18)12-17-21(25)29-23(26-22(17)31)33-19(27-29)13-20(30)28-9-2-1-3-10-28/h4-8,11-12,25H,1-3,9-10,13H2/b17-12-,25-21?. The maximum absolute atomic E-state index is 12.6. The predicted octanol–water partition coefficient (Wildman–Crippen LogP) is 4.62. The Labute approximate surface area is 199 Å². The number of thioether (sulfide) groups is 1. The topological polar surface area (TPSA) is 102 Å². The monoisotopic (exact) mass is 481 g/mol. The second-order valence-electron chi connectivity index (χ2n) is 7.84. The predicted molar refractivity (Wildman–Crippen MR) is 129 cm³/mol. The molecule has 2 amide bonds. The Morgan fingerprint density at radius 2 is 2.03 bits per heavy atom. The number of hydrogen-bond donors (Lipinski definition) is 1. The van der Waals surface area contributed by atoms with Crippen molar-refractivity contribution in [2.45, 2.75) is 25.7 Å². The van der Waals surface area contributed by atoms with Gasteiger partial charge in [0.2, 0.25) is 11.1 Å². The number of furan rings is 1. The van der Waals surface area contributed by atoms with Gasteiger partial charge in [-0.25, -0.2) is 0 Å². The van der Waals surface area contributed by atoms with Gasteiger partial charge in [-0.05, 0) is 61.4 Å². The Balaban J connectivity index is 1.33. The number of rotatable bonds is 4. The van der Waals surface area contributed by atoms with E-state index in [-0.39, 0.29) is 23.7 Å². The van der Waals surface area contributed by atoms with Gasteiger partial charge in [0, 0.05) is 23.7 Å². The summed E-state index contributed by atoms with van der Waals surface area (Å²) in [5.41, 5.74) is 0.875. The minimum atomic E-state index is -0.543. The number of likely N-dealkylation sites (tertiary alicyclic amines) is 1. The molecular weight excluding hydrogens is 462 g/mol. The average Bonchev–Trinajstić information content (AvgIpc) is 3.44. The maximum atomic E-state index is 12.6. The highest BCUT2D eigenvalue weighted by Crippen LogP contribution is 2.31. The van der Waals surface area contributed by atoms with Crippen LogP contribution in [0.2, 0.25) is 5.02 Å². The molecule has 0 radical (unpaired) electrons. The molecule has 5 rings (SSSR count). The molecule has 1 fully saturated rings. The normalized spacial score (nSPS) is 19.6. The summed E-state index contributed by atoms with van der Waals surface area (Å²) in [4.78, 5) is 31.1. The lowest BCUT2D eigenvalue weighted by Crippen LogP contribution is -2.36. The fraction of sp³-hybridized carbons (Fsp3) is 0.261. The van der Waals surface area contributed by atoms with Crippen molar-refractivity contribution in [3.63, 3.8) is 0 Å². The average molecular weight is 482 g/mol. The summed E-state index contributed by atoms with van der Waals surface area (Å²) in [5.74, 6) is 0.376. The van der Waals surface area contributed by atoms with Crippen LogP contribution in [-0.4, -0.2) is 50.9 Å². The van der Waals surface area contributed by atoms with E-state index >= 15 is 0 Å². The van der Waals surface area contributed by atoms with Crippen LogP contribution in [0.5, 0.6) is 0 Å². The highest BCUT2D eigenvalue weighted by Gasteiger charge is 2.36. The van der Waals surface area contributed by atoms with Gasteiger partial charge in [0.15, 0.2) is 5.84 Å². The molecule has 0 bridgehead atoms. The van der Waals surface area contributed by atoms with Crippen molar-refractivity contribution in [1.82, 2.24) is 9.91 Å². The molecule has 8 nitrogen and oxygen atoms in total. The van der Waals surface area contributed by atoms with Crippen LogP contribution in [0.15, 0.2) is 56.5 Å². The molecule has 0 atom stereocenters. The fourth-order valence-electron chi connectivity index (χ4n) is 3.86. The van der Waals surface area contributed by atoms with Crippen molar-refractivity contribution in [2.75, 3.05) is 13.1 Å². The lowest BCUT2D eigenvalue weighted by molar-refractivity contribution is -0.130. The minimum absolute atomic E-state index is 0.0131. The first-order valence-electron chi connectivity index (χ1n) is 10.6. The molecule has 0 unspecified atom stereocenters. The van der Waals surface area contributed by atoms with E-state index in [9.17, 15) is 9.59 Å². The summed E-state index contributed by atoms with van der Waals surface area (Å²) in [7, 11) is 0. The van der Waals surface area contributed by atoms with Crippen LogP contribution < -0.4 is 0 Å². The number of hydrogen-bond acceptors (Lipinski definition) is 6. The van der Waals surface area contributed by atoms with E-state index < -0.39 is 5.91 Å². The third-order valence-corrected chi connectivity index (χ3v) is 6.67. The lowest BCUT2D eigenvalue weighted by atomic mass is 10.1. The molecular formula is C23H20ClN5O3S. The zero-order valence-electron chi connectivity index (χ0n) is 17.6. The summed E-state index contributed by atoms with van der Waals surface area (Å²) in [6.07, 6.45) is 4.80. The van der Waals surface area contributed by atoms with Crippen molar-refractivity contribution in [1.29, 1.82) is 5.41 Å². The highest BCUT2D eigenvalue weighted by atomic mass is 35.5. The molecule has 3 aliphatic heterocycles. The van der Waals surface area contributed by atoms with Crippen molar-refractivity contribution < 1.29 is 14.0 Å². The number of piperidine rings is 1. The number of fused-ring (bicyclic) bond motifs is 1. The van der Waals surface area contributed by atoms with Crippen LogP contribution in [0.4, 0.5) is 0 Å². The van der Waals surface area contributed by atoms with Crippen molar-refractivity contribution >= 4 is 57.3 Å². The molecule has 0 spiro atoms. The molecule has 0 aliphatic carbocycles. The van der Waals surface area contributed by atoms with E-state index in [1.165, 1.54) is 11.1 Å². The number of carbonyl (C=O) groups is 2. The molecule has 1 N–H and O–H groups in total.